The first-order chi connectivity index (χ1) is 14.0. The number of rotatable bonds is 7. The van der Waals surface area contributed by atoms with Crippen LogP contribution in [0.4, 0.5) is 0 Å². The van der Waals surface area contributed by atoms with Gasteiger partial charge in [0.2, 0.25) is 0 Å². The number of nitrogens with zero attached hydrogens (tertiary/aromatic N) is 1. The minimum Gasteiger partial charge on any atom is -0.507 e. The van der Waals surface area contributed by atoms with Crippen molar-refractivity contribution in [2.75, 3.05) is 34.5 Å². The zero-order valence-electron chi connectivity index (χ0n) is 16.5. The molecule has 1 atom stereocenters. The van der Waals surface area contributed by atoms with E-state index in [9.17, 15) is 14.7 Å². The molecule has 1 unspecified atom stereocenters. The van der Waals surface area contributed by atoms with Gasteiger partial charge in [0, 0.05) is 19.2 Å². The van der Waals surface area contributed by atoms with Gasteiger partial charge >= 0.3 is 0 Å². The summed E-state index contributed by atoms with van der Waals surface area (Å²) in [7, 11) is 4.55. The van der Waals surface area contributed by atoms with Gasteiger partial charge in [-0.05, 0) is 17.7 Å². The van der Waals surface area contributed by atoms with E-state index in [-0.39, 0.29) is 24.5 Å². The lowest BCUT2D eigenvalue weighted by Gasteiger charge is -2.25. The lowest BCUT2D eigenvalue weighted by Crippen LogP contribution is -2.32. The Balaban J connectivity index is 2.18. The quantitative estimate of drug-likeness (QED) is 0.439. The van der Waals surface area contributed by atoms with Gasteiger partial charge in [-0.3, -0.25) is 9.59 Å². The molecule has 1 aliphatic rings. The monoisotopic (exact) mass is 397 g/mol. The summed E-state index contributed by atoms with van der Waals surface area (Å²) in [4.78, 5) is 27.0. The molecule has 7 nitrogen and oxygen atoms in total. The first kappa shape index (κ1) is 20.4. The van der Waals surface area contributed by atoms with Crippen molar-refractivity contribution in [2.45, 2.75) is 6.04 Å². The van der Waals surface area contributed by atoms with Crippen LogP contribution >= 0.6 is 0 Å². The van der Waals surface area contributed by atoms with Gasteiger partial charge in [-0.1, -0.05) is 36.4 Å². The second-order valence-electron chi connectivity index (χ2n) is 6.47. The minimum absolute atomic E-state index is 0.0320. The Labute approximate surface area is 169 Å². The topological polar surface area (TPSA) is 85.3 Å². The standard InChI is InChI=1S/C22H23NO6/c1-27-12-11-23-19(15-9-10-16(28-2)17(13-15)29-3)18(21(25)22(23)26)20(24)14-7-5-4-6-8-14/h4-10,13,19,24H,11-12H2,1-3H3/b20-18+. The summed E-state index contributed by atoms with van der Waals surface area (Å²) in [6, 6.07) is 13.1. The molecule has 1 N–H and O–H groups in total. The molecular formula is C22H23NO6. The highest BCUT2D eigenvalue weighted by atomic mass is 16.5. The summed E-state index contributed by atoms with van der Waals surface area (Å²) in [5.74, 6) is -0.652. The molecule has 0 radical (unpaired) electrons. The maximum Gasteiger partial charge on any atom is 0.295 e. The van der Waals surface area contributed by atoms with Crippen molar-refractivity contribution in [1.29, 1.82) is 0 Å². The number of hydrogen-bond donors (Lipinski definition) is 1. The molecule has 0 aromatic heterocycles. The Kier molecular flexibility index (Phi) is 6.19. The third-order valence-corrected chi connectivity index (χ3v) is 4.85. The highest BCUT2D eigenvalue weighted by Gasteiger charge is 2.46. The van der Waals surface area contributed by atoms with Crippen molar-refractivity contribution in [3.63, 3.8) is 0 Å². The van der Waals surface area contributed by atoms with E-state index in [0.29, 0.717) is 22.6 Å². The van der Waals surface area contributed by atoms with Crippen molar-refractivity contribution in [3.05, 3.63) is 65.2 Å². The van der Waals surface area contributed by atoms with Gasteiger partial charge in [-0.15, -0.1) is 0 Å². The average molecular weight is 397 g/mol. The average Bonchev–Trinajstić information content (AvgIpc) is 3.01. The Morgan fingerprint density at radius 1 is 1.00 bits per heavy atom. The highest BCUT2D eigenvalue weighted by Crippen LogP contribution is 2.41. The smallest absolute Gasteiger partial charge is 0.295 e. The van der Waals surface area contributed by atoms with E-state index in [0.717, 1.165) is 0 Å². The van der Waals surface area contributed by atoms with Gasteiger partial charge < -0.3 is 24.2 Å². The number of benzene rings is 2. The predicted molar refractivity (Wildman–Crippen MR) is 107 cm³/mol. The number of amides is 1. The van der Waals surface area contributed by atoms with E-state index in [2.05, 4.69) is 0 Å². The molecule has 152 valence electrons. The van der Waals surface area contributed by atoms with E-state index in [1.54, 1.807) is 48.5 Å². The molecule has 1 aliphatic heterocycles. The van der Waals surface area contributed by atoms with Gasteiger partial charge in [0.05, 0.1) is 32.4 Å². The highest BCUT2D eigenvalue weighted by molar-refractivity contribution is 6.46. The van der Waals surface area contributed by atoms with E-state index in [1.165, 1.54) is 26.2 Å². The Morgan fingerprint density at radius 3 is 2.31 bits per heavy atom. The third-order valence-electron chi connectivity index (χ3n) is 4.85. The maximum absolute atomic E-state index is 12.8. The van der Waals surface area contributed by atoms with Crippen LogP contribution in [-0.2, 0) is 14.3 Å². The molecule has 1 amide bonds. The minimum atomic E-state index is -0.773. The largest absolute Gasteiger partial charge is 0.507 e. The number of Topliss-reactive ketones (excluding diaryl/α,β-unsaturated/α-hetero) is 1. The number of carbonyl (C=O) groups excluding carboxylic acids is 2. The maximum atomic E-state index is 12.8. The molecule has 0 saturated carbocycles. The van der Waals surface area contributed by atoms with Crippen molar-refractivity contribution >= 4 is 17.4 Å². The molecule has 1 saturated heterocycles. The van der Waals surface area contributed by atoms with Crippen molar-refractivity contribution in [1.82, 2.24) is 4.90 Å². The zero-order chi connectivity index (χ0) is 21.0. The van der Waals surface area contributed by atoms with E-state index >= 15 is 0 Å². The van der Waals surface area contributed by atoms with Gasteiger partial charge in [0.25, 0.3) is 11.7 Å². The number of likely N-dealkylation sites (tertiary alicyclic amines) is 1. The number of hydrogen-bond acceptors (Lipinski definition) is 6. The first-order valence-corrected chi connectivity index (χ1v) is 9.08. The summed E-state index contributed by atoms with van der Waals surface area (Å²) >= 11 is 0. The second kappa shape index (κ2) is 8.79. The van der Waals surface area contributed by atoms with E-state index < -0.39 is 17.7 Å². The van der Waals surface area contributed by atoms with Crippen LogP contribution in [0.25, 0.3) is 5.76 Å². The first-order valence-electron chi connectivity index (χ1n) is 9.08. The SMILES string of the molecule is COCCN1C(=O)C(=O)/C(=C(/O)c2ccccc2)C1c1ccc(OC)c(OC)c1. The molecule has 2 aromatic rings. The molecule has 3 rings (SSSR count). The number of aliphatic hydroxyl groups is 1. The Bertz CT molecular complexity index is 938. The Hall–Kier alpha value is -3.32. The Morgan fingerprint density at radius 2 is 1.69 bits per heavy atom. The number of ketones is 1. The van der Waals surface area contributed by atoms with E-state index in [1.807, 2.05) is 0 Å². The fraction of sp³-hybridized carbons (Fsp3) is 0.273. The second-order valence-corrected chi connectivity index (χ2v) is 6.47. The summed E-state index contributed by atoms with van der Waals surface area (Å²) in [6.45, 7) is 0.452. The lowest BCUT2D eigenvalue weighted by atomic mass is 9.95. The number of carbonyl (C=O) groups is 2. The van der Waals surface area contributed by atoms with Gasteiger partial charge in [-0.25, -0.2) is 0 Å². The van der Waals surface area contributed by atoms with Crippen LogP contribution in [0, 0.1) is 0 Å². The van der Waals surface area contributed by atoms with Crippen LogP contribution in [0.3, 0.4) is 0 Å². The van der Waals surface area contributed by atoms with Crippen LogP contribution in [0.2, 0.25) is 0 Å². The molecule has 0 bridgehead atoms. The molecule has 1 fully saturated rings. The normalized spacial score (nSPS) is 18.2. The van der Waals surface area contributed by atoms with E-state index in [4.69, 9.17) is 14.2 Å². The number of ether oxygens (including phenoxy) is 3. The van der Waals surface area contributed by atoms with Gasteiger partial charge in [0.15, 0.2) is 11.5 Å². The summed E-state index contributed by atoms with van der Waals surface area (Å²) in [5.41, 5.74) is 1.11. The molecule has 2 aromatic carbocycles. The molecule has 1 heterocycles. The summed E-state index contributed by atoms with van der Waals surface area (Å²) < 4.78 is 15.8. The summed E-state index contributed by atoms with van der Waals surface area (Å²) in [6.07, 6.45) is 0. The van der Waals surface area contributed by atoms with Gasteiger partial charge in [0.1, 0.15) is 5.76 Å². The van der Waals surface area contributed by atoms with Gasteiger partial charge in [-0.2, -0.15) is 0 Å². The third kappa shape index (κ3) is 3.82. The van der Waals surface area contributed by atoms with Crippen molar-refractivity contribution in [2.24, 2.45) is 0 Å². The van der Waals surface area contributed by atoms with Crippen LogP contribution in [0.1, 0.15) is 17.2 Å². The lowest BCUT2D eigenvalue weighted by molar-refractivity contribution is -0.140. The van der Waals surface area contributed by atoms with Crippen molar-refractivity contribution < 1.29 is 28.9 Å². The van der Waals surface area contributed by atoms with Crippen LogP contribution in [0.15, 0.2) is 54.1 Å². The number of aliphatic hydroxyl groups excluding tert-OH is 1. The molecule has 29 heavy (non-hydrogen) atoms. The fourth-order valence-corrected chi connectivity index (χ4v) is 3.42. The molecule has 0 aliphatic carbocycles. The summed E-state index contributed by atoms with van der Waals surface area (Å²) in [5, 5.41) is 10.9. The fourth-order valence-electron chi connectivity index (χ4n) is 3.42. The van der Waals surface area contributed by atoms with Crippen LogP contribution in [0.5, 0.6) is 11.5 Å². The van der Waals surface area contributed by atoms with Crippen LogP contribution in [-0.4, -0.2) is 56.2 Å². The van der Waals surface area contributed by atoms with Crippen molar-refractivity contribution in [3.8, 4) is 11.5 Å². The molecular weight excluding hydrogens is 374 g/mol. The molecule has 0 spiro atoms. The number of methoxy groups -OCH3 is 3. The van der Waals surface area contributed by atoms with Crippen LogP contribution < -0.4 is 9.47 Å². The molecule has 7 heteroatoms. The predicted octanol–water partition coefficient (Wildman–Crippen LogP) is 2.77. The zero-order valence-corrected chi connectivity index (χ0v) is 16.5.